The lowest BCUT2D eigenvalue weighted by Crippen LogP contribution is -2.26. The van der Waals surface area contributed by atoms with Crippen LogP contribution in [0.4, 0.5) is 4.79 Å². The maximum absolute atomic E-state index is 11.7. The van der Waals surface area contributed by atoms with Gasteiger partial charge in [0.15, 0.2) is 0 Å². The Morgan fingerprint density at radius 2 is 2.24 bits per heavy atom. The first-order chi connectivity index (χ1) is 8.16. The molecule has 88 valence electrons. The van der Waals surface area contributed by atoms with Gasteiger partial charge in [-0.3, -0.25) is 0 Å². The Hall–Kier alpha value is -2.04. The quantitative estimate of drug-likeness (QED) is 0.809. The van der Waals surface area contributed by atoms with Crippen LogP contribution in [0.5, 0.6) is 0 Å². The van der Waals surface area contributed by atoms with Gasteiger partial charge < -0.3 is 14.8 Å². The molecule has 1 aromatic heterocycles. The van der Waals surface area contributed by atoms with Crippen LogP contribution in [-0.4, -0.2) is 46.4 Å². The number of nitrogens with one attached hydrogen (secondary N) is 1. The number of H-pyrrole nitrogens is 1. The summed E-state index contributed by atoms with van der Waals surface area (Å²) in [6.45, 7) is 0.731. The molecular formula is C12H14N4O. The highest BCUT2D eigenvalue weighted by Crippen LogP contribution is 2.28. The van der Waals surface area contributed by atoms with Gasteiger partial charge in [0, 0.05) is 20.6 Å². The van der Waals surface area contributed by atoms with E-state index < -0.39 is 0 Å². The van der Waals surface area contributed by atoms with Crippen molar-refractivity contribution in [2.45, 2.75) is 6.04 Å². The molecule has 0 spiro atoms. The lowest BCUT2D eigenvalue weighted by molar-refractivity contribution is 0.201. The molecule has 1 fully saturated rings. The number of carbonyl (C=O) groups is 1. The van der Waals surface area contributed by atoms with E-state index in [0.717, 1.165) is 23.1 Å². The van der Waals surface area contributed by atoms with E-state index in [-0.39, 0.29) is 12.1 Å². The first-order valence-electron chi connectivity index (χ1n) is 5.58. The highest BCUT2D eigenvalue weighted by atomic mass is 16.2. The molecule has 2 aromatic rings. The summed E-state index contributed by atoms with van der Waals surface area (Å²) in [5.41, 5.74) is 3.11. The number of amides is 2. The second-order valence-corrected chi connectivity index (χ2v) is 4.47. The predicted octanol–water partition coefficient (Wildman–Crippen LogP) is 1.60. The van der Waals surface area contributed by atoms with Gasteiger partial charge in [-0.1, -0.05) is 6.07 Å². The summed E-state index contributed by atoms with van der Waals surface area (Å²) in [7, 11) is 3.67. The normalized spacial score (nSPS) is 20.6. The van der Waals surface area contributed by atoms with Crippen molar-refractivity contribution in [1.82, 2.24) is 19.8 Å². The van der Waals surface area contributed by atoms with Crippen LogP contribution in [0.1, 0.15) is 11.6 Å². The minimum absolute atomic E-state index is 0.0692. The first-order valence-corrected chi connectivity index (χ1v) is 5.58. The van der Waals surface area contributed by atoms with E-state index in [0.29, 0.717) is 0 Å². The molecule has 1 atom stereocenters. The Labute approximate surface area is 99.0 Å². The number of nitrogens with zero attached hydrogens (tertiary/aromatic N) is 3. The molecule has 0 saturated carbocycles. The summed E-state index contributed by atoms with van der Waals surface area (Å²) in [4.78, 5) is 22.5. The van der Waals surface area contributed by atoms with Gasteiger partial charge in [0.2, 0.25) is 0 Å². The van der Waals surface area contributed by atoms with Crippen LogP contribution in [0.25, 0.3) is 11.0 Å². The van der Waals surface area contributed by atoms with E-state index in [1.54, 1.807) is 16.1 Å². The second-order valence-electron chi connectivity index (χ2n) is 4.47. The standard InChI is InChI=1S/C12H14N4O/c1-15-6-11(16(2)12(15)17)8-3-4-9-10(5-8)14-7-13-9/h3-5,7,11H,6H2,1-2H3,(H,13,14). The van der Waals surface area contributed by atoms with Crippen LogP contribution in [0.2, 0.25) is 0 Å². The molecule has 0 radical (unpaired) electrons. The summed E-state index contributed by atoms with van der Waals surface area (Å²) in [6, 6.07) is 6.28. The van der Waals surface area contributed by atoms with E-state index in [1.165, 1.54) is 0 Å². The maximum atomic E-state index is 11.7. The van der Waals surface area contributed by atoms with Gasteiger partial charge in [0.1, 0.15) is 0 Å². The number of aromatic amines is 1. The number of carbonyl (C=O) groups excluding carboxylic acids is 1. The van der Waals surface area contributed by atoms with E-state index in [2.05, 4.69) is 16.0 Å². The number of rotatable bonds is 1. The minimum Gasteiger partial charge on any atom is -0.345 e. The second kappa shape index (κ2) is 3.48. The van der Waals surface area contributed by atoms with Crippen molar-refractivity contribution >= 4 is 17.1 Å². The van der Waals surface area contributed by atoms with Crippen LogP contribution in [-0.2, 0) is 0 Å². The predicted molar refractivity (Wildman–Crippen MR) is 64.6 cm³/mol. The van der Waals surface area contributed by atoms with Crippen LogP contribution < -0.4 is 0 Å². The lowest BCUT2D eigenvalue weighted by Gasteiger charge is -2.17. The van der Waals surface area contributed by atoms with E-state index in [4.69, 9.17) is 0 Å². The number of imidazole rings is 1. The van der Waals surface area contributed by atoms with Crippen molar-refractivity contribution in [2.24, 2.45) is 0 Å². The molecule has 1 N–H and O–H groups in total. The molecule has 1 unspecified atom stereocenters. The van der Waals surface area contributed by atoms with Crippen molar-refractivity contribution in [1.29, 1.82) is 0 Å². The highest BCUT2D eigenvalue weighted by molar-refractivity contribution is 5.78. The Morgan fingerprint density at radius 3 is 2.94 bits per heavy atom. The summed E-state index contributed by atoms with van der Waals surface area (Å²) < 4.78 is 0. The molecule has 5 nitrogen and oxygen atoms in total. The zero-order chi connectivity index (χ0) is 12.0. The molecule has 17 heavy (non-hydrogen) atoms. The Balaban J connectivity index is 2.01. The number of hydrogen-bond acceptors (Lipinski definition) is 2. The monoisotopic (exact) mass is 230 g/mol. The van der Waals surface area contributed by atoms with Gasteiger partial charge in [-0.2, -0.15) is 0 Å². The maximum Gasteiger partial charge on any atom is 0.320 e. The van der Waals surface area contributed by atoms with E-state index in [9.17, 15) is 4.79 Å². The molecule has 1 aliphatic heterocycles. The van der Waals surface area contributed by atoms with Crippen LogP contribution in [0, 0.1) is 0 Å². The lowest BCUT2D eigenvalue weighted by atomic mass is 10.1. The first kappa shape index (κ1) is 10.1. The number of benzene rings is 1. The molecule has 1 aliphatic rings. The number of fused-ring (bicyclic) bond motifs is 1. The topological polar surface area (TPSA) is 52.2 Å². The zero-order valence-corrected chi connectivity index (χ0v) is 9.84. The molecule has 2 amide bonds. The van der Waals surface area contributed by atoms with Gasteiger partial charge >= 0.3 is 6.03 Å². The van der Waals surface area contributed by atoms with Gasteiger partial charge in [0.05, 0.1) is 23.4 Å². The van der Waals surface area contributed by atoms with Crippen molar-refractivity contribution in [2.75, 3.05) is 20.6 Å². The van der Waals surface area contributed by atoms with Gasteiger partial charge in [0.25, 0.3) is 0 Å². The zero-order valence-electron chi connectivity index (χ0n) is 9.84. The molecular weight excluding hydrogens is 216 g/mol. The van der Waals surface area contributed by atoms with Crippen LogP contribution >= 0.6 is 0 Å². The fourth-order valence-corrected chi connectivity index (χ4v) is 2.35. The summed E-state index contributed by atoms with van der Waals surface area (Å²) >= 11 is 0. The average Bonchev–Trinajstić information content (AvgIpc) is 2.89. The smallest absolute Gasteiger partial charge is 0.320 e. The minimum atomic E-state index is 0.0692. The van der Waals surface area contributed by atoms with Crippen molar-refractivity contribution < 1.29 is 4.79 Å². The largest absolute Gasteiger partial charge is 0.345 e. The third-order valence-electron chi connectivity index (χ3n) is 3.37. The molecule has 1 aromatic carbocycles. The number of aromatic nitrogens is 2. The molecule has 0 aliphatic carbocycles. The third-order valence-corrected chi connectivity index (χ3v) is 3.37. The van der Waals surface area contributed by atoms with Crippen molar-refractivity contribution in [3.8, 4) is 0 Å². The van der Waals surface area contributed by atoms with Crippen molar-refractivity contribution in [3.05, 3.63) is 30.1 Å². The van der Waals surface area contributed by atoms with Crippen LogP contribution in [0.15, 0.2) is 24.5 Å². The molecule has 3 rings (SSSR count). The SMILES string of the molecule is CN1CC(c2ccc3nc[nH]c3c2)N(C)C1=O. The molecule has 0 bridgehead atoms. The van der Waals surface area contributed by atoms with E-state index in [1.807, 2.05) is 26.2 Å². The number of likely N-dealkylation sites (N-methyl/N-ethyl adjacent to an activating group) is 2. The molecule has 1 saturated heterocycles. The summed E-state index contributed by atoms with van der Waals surface area (Å²) in [5.74, 6) is 0. The van der Waals surface area contributed by atoms with Crippen molar-refractivity contribution in [3.63, 3.8) is 0 Å². The van der Waals surface area contributed by atoms with E-state index >= 15 is 0 Å². The number of urea groups is 1. The average molecular weight is 230 g/mol. The Kier molecular flexibility index (Phi) is 2.07. The summed E-state index contributed by atoms with van der Waals surface area (Å²) in [6.07, 6.45) is 1.68. The Morgan fingerprint density at radius 1 is 1.41 bits per heavy atom. The van der Waals surface area contributed by atoms with Gasteiger partial charge in [-0.05, 0) is 17.7 Å². The Bertz CT molecular complexity index is 577. The number of hydrogen-bond donors (Lipinski definition) is 1. The third kappa shape index (κ3) is 1.46. The fourth-order valence-electron chi connectivity index (χ4n) is 2.35. The van der Waals surface area contributed by atoms with Gasteiger partial charge in [-0.25, -0.2) is 9.78 Å². The summed E-state index contributed by atoms with van der Waals surface area (Å²) in [5, 5.41) is 0. The fraction of sp³-hybridized carbons (Fsp3) is 0.333. The highest BCUT2D eigenvalue weighted by Gasteiger charge is 2.33. The van der Waals surface area contributed by atoms with Crippen LogP contribution in [0.3, 0.4) is 0 Å². The molecule has 2 heterocycles. The van der Waals surface area contributed by atoms with Gasteiger partial charge in [-0.15, -0.1) is 0 Å². The molecule has 5 heteroatoms.